The van der Waals surface area contributed by atoms with Crippen molar-refractivity contribution in [1.29, 1.82) is 0 Å². The predicted molar refractivity (Wildman–Crippen MR) is 94.4 cm³/mol. The highest BCUT2D eigenvalue weighted by Gasteiger charge is 2.53. The summed E-state index contributed by atoms with van der Waals surface area (Å²) in [6.45, 7) is 4.34. The first-order valence-electron chi connectivity index (χ1n) is 7.76. The van der Waals surface area contributed by atoms with Crippen LogP contribution in [-0.4, -0.2) is 29.2 Å². The highest BCUT2D eigenvalue weighted by molar-refractivity contribution is 7.99. The van der Waals surface area contributed by atoms with E-state index in [0.717, 1.165) is 10.6 Å². The van der Waals surface area contributed by atoms with Crippen LogP contribution >= 0.6 is 11.8 Å². The summed E-state index contributed by atoms with van der Waals surface area (Å²) in [6, 6.07) is 11.1. The predicted octanol–water partition coefficient (Wildman–Crippen LogP) is 3.46. The highest BCUT2D eigenvalue weighted by Crippen LogP contribution is 2.39. The second-order valence-electron chi connectivity index (χ2n) is 5.69. The summed E-state index contributed by atoms with van der Waals surface area (Å²) in [5.41, 5.74) is -0.00687. The number of thioether (sulfide) groups is 1. The Morgan fingerprint density at radius 2 is 2.21 bits per heavy atom. The topological polar surface area (TPSA) is 48.3 Å². The molecule has 3 rings (SSSR count). The van der Waals surface area contributed by atoms with Crippen LogP contribution in [0.15, 0.2) is 60.1 Å². The van der Waals surface area contributed by atoms with Crippen LogP contribution in [0.2, 0.25) is 0 Å². The molecule has 5 heteroatoms. The zero-order valence-electron chi connectivity index (χ0n) is 13.5. The van der Waals surface area contributed by atoms with Crippen molar-refractivity contribution in [2.45, 2.75) is 23.3 Å². The van der Waals surface area contributed by atoms with Crippen molar-refractivity contribution < 1.29 is 14.3 Å². The van der Waals surface area contributed by atoms with Crippen molar-refractivity contribution in [3.63, 3.8) is 0 Å². The van der Waals surface area contributed by atoms with Gasteiger partial charge in [0, 0.05) is 34.6 Å². The summed E-state index contributed by atoms with van der Waals surface area (Å²) < 4.78 is 6.96. The Bertz CT molecular complexity index is 795. The lowest BCUT2D eigenvalue weighted by atomic mass is 9.76. The van der Waals surface area contributed by atoms with E-state index in [-0.39, 0.29) is 5.78 Å². The third kappa shape index (κ3) is 2.59. The van der Waals surface area contributed by atoms with E-state index >= 15 is 0 Å². The van der Waals surface area contributed by atoms with Gasteiger partial charge < -0.3 is 9.30 Å². The van der Waals surface area contributed by atoms with Gasteiger partial charge in [0.1, 0.15) is 0 Å². The molecule has 0 bridgehead atoms. The Hall–Kier alpha value is -2.27. The van der Waals surface area contributed by atoms with Gasteiger partial charge in [0.15, 0.2) is 11.2 Å². The molecule has 0 N–H and O–H groups in total. The van der Waals surface area contributed by atoms with E-state index < -0.39 is 11.4 Å². The molecule has 0 saturated heterocycles. The van der Waals surface area contributed by atoms with Crippen LogP contribution < -0.4 is 0 Å². The number of aryl methyl sites for hydroxylation is 1. The van der Waals surface area contributed by atoms with E-state index in [1.165, 1.54) is 7.11 Å². The largest absolute Gasteiger partial charge is 0.468 e. The molecule has 4 nitrogen and oxygen atoms in total. The number of hydrogen-bond acceptors (Lipinski definition) is 4. The first-order valence-corrected chi connectivity index (χ1v) is 8.74. The quantitative estimate of drug-likeness (QED) is 0.265. The van der Waals surface area contributed by atoms with Crippen LogP contribution in [0.3, 0.4) is 0 Å². The van der Waals surface area contributed by atoms with Gasteiger partial charge in [-0.25, -0.2) is 0 Å². The first kappa shape index (κ1) is 16.6. The second-order valence-corrected chi connectivity index (χ2v) is 6.78. The van der Waals surface area contributed by atoms with E-state index in [1.807, 2.05) is 47.2 Å². The van der Waals surface area contributed by atoms with Crippen LogP contribution in [0.1, 0.15) is 22.5 Å². The number of ketones is 1. The molecule has 1 atom stereocenters. The maximum atomic E-state index is 13.3. The van der Waals surface area contributed by atoms with E-state index in [0.29, 0.717) is 24.2 Å². The number of ether oxygens (including phenoxy) is 1. The van der Waals surface area contributed by atoms with Crippen LogP contribution in [0, 0.1) is 0 Å². The van der Waals surface area contributed by atoms with E-state index in [9.17, 15) is 9.59 Å². The number of rotatable bonds is 6. The minimum absolute atomic E-state index is 0.201. The molecule has 0 fully saturated rings. The van der Waals surface area contributed by atoms with E-state index in [2.05, 4.69) is 6.58 Å². The molecule has 1 aromatic heterocycles. The van der Waals surface area contributed by atoms with Gasteiger partial charge >= 0.3 is 5.97 Å². The van der Waals surface area contributed by atoms with Crippen molar-refractivity contribution in [3.8, 4) is 0 Å². The van der Waals surface area contributed by atoms with Crippen molar-refractivity contribution >= 4 is 23.5 Å². The maximum absolute atomic E-state index is 13.3. The number of hydrogen-bond donors (Lipinski definition) is 0. The Labute approximate surface area is 145 Å². The van der Waals surface area contributed by atoms with Crippen molar-refractivity contribution in [2.75, 3.05) is 12.9 Å². The van der Waals surface area contributed by atoms with Gasteiger partial charge in [-0.1, -0.05) is 18.2 Å². The third-order valence-electron chi connectivity index (χ3n) is 4.38. The van der Waals surface area contributed by atoms with E-state index in [1.54, 1.807) is 17.8 Å². The SMILES string of the molecule is C=CCSc1cccc(C(=O)C2(C(=O)OC)CCn3cccc32)c1. The number of aromatic nitrogens is 1. The summed E-state index contributed by atoms with van der Waals surface area (Å²) in [4.78, 5) is 26.9. The normalized spacial score (nSPS) is 18.9. The molecule has 1 aromatic carbocycles. The smallest absolute Gasteiger partial charge is 0.325 e. The van der Waals surface area contributed by atoms with Crippen LogP contribution in [0.4, 0.5) is 0 Å². The standard InChI is InChI=1S/C19H19NO3S/c1-3-12-24-15-7-4-6-14(13-15)17(21)19(18(22)23-2)9-11-20-10-5-8-16(19)20/h3-8,10,13H,1,9,11-12H2,2H3. The minimum atomic E-state index is -1.25. The van der Waals surface area contributed by atoms with Crippen LogP contribution in [-0.2, 0) is 21.5 Å². The molecule has 2 heterocycles. The lowest BCUT2D eigenvalue weighted by Crippen LogP contribution is -2.43. The molecule has 1 aliphatic heterocycles. The molecule has 0 aliphatic carbocycles. The fourth-order valence-electron chi connectivity index (χ4n) is 3.24. The Morgan fingerprint density at radius 3 is 2.96 bits per heavy atom. The molecule has 24 heavy (non-hydrogen) atoms. The summed E-state index contributed by atoms with van der Waals surface area (Å²) in [7, 11) is 1.33. The van der Waals surface area contributed by atoms with Crippen LogP contribution in [0.5, 0.6) is 0 Å². The number of fused-ring (bicyclic) bond motifs is 1. The first-order chi connectivity index (χ1) is 11.6. The van der Waals surface area contributed by atoms with Gasteiger partial charge in [0.25, 0.3) is 0 Å². The Balaban J connectivity index is 2.03. The highest BCUT2D eigenvalue weighted by atomic mass is 32.2. The van der Waals surface area contributed by atoms with E-state index in [4.69, 9.17) is 4.74 Å². The molecular formula is C19H19NO3S. The summed E-state index contributed by atoms with van der Waals surface area (Å²) in [5, 5.41) is 0. The van der Waals surface area contributed by atoms with Crippen molar-refractivity contribution in [1.82, 2.24) is 4.57 Å². The number of esters is 1. The molecule has 124 valence electrons. The zero-order chi connectivity index (χ0) is 17.2. The number of carbonyl (C=O) groups is 2. The lowest BCUT2D eigenvalue weighted by Gasteiger charge is -2.24. The molecule has 0 radical (unpaired) electrons. The number of Topliss-reactive ketones (excluding diaryl/α,β-unsaturated/α-hetero) is 1. The van der Waals surface area contributed by atoms with Crippen molar-refractivity contribution in [3.05, 3.63) is 66.5 Å². The van der Waals surface area contributed by atoms with Crippen molar-refractivity contribution in [2.24, 2.45) is 0 Å². The maximum Gasteiger partial charge on any atom is 0.325 e. The molecular weight excluding hydrogens is 322 g/mol. The monoisotopic (exact) mass is 341 g/mol. The third-order valence-corrected chi connectivity index (χ3v) is 5.37. The number of nitrogens with zero attached hydrogens (tertiary/aromatic N) is 1. The van der Waals surface area contributed by atoms with Crippen LogP contribution in [0.25, 0.3) is 0 Å². The fraction of sp³-hybridized carbons (Fsp3) is 0.263. The summed E-state index contributed by atoms with van der Waals surface area (Å²) >= 11 is 1.60. The second kappa shape index (κ2) is 6.69. The number of methoxy groups -OCH3 is 1. The minimum Gasteiger partial charge on any atom is -0.468 e. The molecule has 0 amide bonds. The number of benzene rings is 1. The van der Waals surface area contributed by atoms with Gasteiger partial charge in [-0.3, -0.25) is 9.59 Å². The average Bonchev–Trinajstić information content (AvgIpc) is 3.22. The molecule has 0 saturated carbocycles. The van der Waals surface area contributed by atoms with Gasteiger partial charge in [-0.05, 0) is 30.7 Å². The average molecular weight is 341 g/mol. The summed E-state index contributed by atoms with van der Waals surface area (Å²) in [5.74, 6) is 0.0739. The molecule has 0 spiro atoms. The molecule has 2 aromatic rings. The Kier molecular flexibility index (Phi) is 4.62. The molecule has 1 unspecified atom stereocenters. The fourth-order valence-corrected chi connectivity index (χ4v) is 3.94. The van der Waals surface area contributed by atoms with Gasteiger partial charge in [-0.15, -0.1) is 18.3 Å². The zero-order valence-corrected chi connectivity index (χ0v) is 14.3. The molecule has 1 aliphatic rings. The Morgan fingerprint density at radius 1 is 1.38 bits per heavy atom. The van der Waals surface area contributed by atoms with Gasteiger partial charge in [0.05, 0.1) is 7.11 Å². The summed E-state index contributed by atoms with van der Waals surface area (Å²) in [6.07, 6.45) is 4.14. The number of carbonyl (C=O) groups excluding carboxylic acids is 2. The van der Waals surface area contributed by atoms with Gasteiger partial charge in [-0.2, -0.15) is 0 Å². The lowest BCUT2D eigenvalue weighted by molar-refractivity contribution is -0.145. The van der Waals surface area contributed by atoms with Gasteiger partial charge in [0.2, 0.25) is 0 Å².